The molecule has 0 unspecified atom stereocenters. The number of amides is 2. The van der Waals surface area contributed by atoms with Gasteiger partial charge in [0.05, 0.1) is 6.54 Å². The van der Waals surface area contributed by atoms with Crippen molar-refractivity contribution < 1.29 is 14.9 Å². The smallest absolute Gasteiger partial charge is 0.275 e. The van der Waals surface area contributed by atoms with Crippen LogP contribution in [-0.4, -0.2) is 24.9 Å². The predicted octanol–water partition coefficient (Wildman–Crippen LogP) is 1.63. The van der Waals surface area contributed by atoms with Gasteiger partial charge in [-0.05, 0) is 25.0 Å². The highest BCUT2D eigenvalue weighted by molar-refractivity contribution is 5.95. The molecule has 0 aliphatic rings. The van der Waals surface area contributed by atoms with Crippen LogP contribution in [0.4, 0.5) is 5.69 Å². The number of hydrogen-bond donors (Lipinski definition) is 3. The van der Waals surface area contributed by atoms with Crippen LogP contribution < -0.4 is 16.0 Å². The zero-order chi connectivity index (χ0) is 18.1. The maximum atomic E-state index is 12.0. The van der Waals surface area contributed by atoms with E-state index in [0.717, 1.165) is 17.7 Å². The van der Waals surface area contributed by atoms with Crippen molar-refractivity contribution in [2.75, 3.05) is 18.4 Å². The number of benzene rings is 2. The molecule has 0 radical (unpaired) electrons. The Hall–Kier alpha value is -2.66. The van der Waals surface area contributed by atoms with E-state index in [4.69, 9.17) is 0 Å². The SMILES string of the molecule is CCc1ccccc1NC(=O)CNC(=O)C[NH2+][C@H](C)c1ccccc1. The lowest BCUT2D eigenvalue weighted by atomic mass is 10.1. The van der Waals surface area contributed by atoms with Crippen LogP contribution in [0.1, 0.15) is 31.0 Å². The Bertz CT molecular complexity index is 701. The van der Waals surface area contributed by atoms with Gasteiger partial charge in [-0.25, -0.2) is 0 Å². The van der Waals surface area contributed by atoms with Crippen LogP contribution in [0, 0.1) is 0 Å². The summed E-state index contributed by atoms with van der Waals surface area (Å²) in [7, 11) is 0. The van der Waals surface area contributed by atoms with Crippen molar-refractivity contribution in [3.8, 4) is 0 Å². The highest BCUT2D eigenvalue weighted by Gasteiger charge is 2.12. The molecule has 4 N–H and O–H groups in total. The summed E-state index contributed by atoms with van der Waals surface area (Å²) in [6.07, 6.45) is 0.842. The van der Waals surface area contributed by atoms with Crippen LogP contribution >= 0.6 is 0 Å². The number of rotatable bonds is 8. The third-order valence-electron chi connectivity index (χ3n) is 4.10. The van der Waals surface area contributed by atoms with Gasteiger partial charge in [-0.2, -0.15) is 0 Å². The Morgan fingerprint density at radius 3 is 2.40 bits per heavy atom. The summed E-state index contributed by atoms with van der Waals surface area (Å²) in [5.41, 5.74) is 3.05. The standard InChI is InChI=1S/C20H25N3O2/c1-3-16-9-7-8-12-18(16)23-20(25)14-22-19(24)13-21-15(2)17-10-5-4-6-11-17/h4-12,15,21H,3,13-14H2,1-2H3,(H,22,24)(H,23,25)/p+1/t15-/m1/s1. The van der Waals surface area contributed by atoms with Gasteiger partial charge in [0.15, 0.2) is 6.54 Å². The number of nitrogens with one attached hydrogen (secondary N) is 2. The summed E-state index contributed by atoms with van der Waals surface area (Å²) in [5, 5.41) is 7.46. The molecule has 5 nitrogen and oxygen atoms in total. The number of aryl methyl sites for hydroxylation is 1. The van der Waals surface area contributed by atoms with E-state index in [9.17, 15) is 9.59 Å². The van der Waals surface area contributed by atoms with Crippen molar-refractivity contribution in [3.63, 3.8) is 0 Å². The second-order valence-electron chi connectivity index (χ2n) is 5.97. The fourth-order valence-electron chi connectivity index (χ4n) is 2.57. The minimum atomic E-state index is -0.217. The molecule has 0 spiro atoms. The van der Waals surface area contributed by atoms with Gasteiger partial charge >= 0.3 is 0 Å². The van der Waals surface area contributed by atoms with Gasteiger partial charge in [0.2, 0.25) is 5.91 Å². The van der Waals surface area contributed by atoms with Crippen LogP contribution in [0.2, 0.25) is 0 Å². The number of nitrogens with two attached hydrogens (primary N) is 1. The van der Waals surface area contributed by atoms with Crippen LogP contribution in [0.15, 0.2) is 54.6 Å². The molecule has 2 rings (SSSR count). The second kappa shape index (κ2) is 9.59. The van der Waals surface area contributed by atoms with Gasteiger partial charge in [-0.1, -0.05) is 55.5 Å². The Kier molecular flexibility index (Phi) is 7.16. The highest BCUT2D eigenvalue weighted by atomic mass is 16.2. The molecular formula is C20H26N3O2+. The summed E-state index contributed by atoms with van der Waals surface area (Å²) in [5.74, 6) is -0.368. The number of carbonyl (C=O) groups excluding carboxylic acids is 2. The van der Waals surface area contributed by atoms with Gasteiger partial charge in [0, 0.05) is 11.3 Å². The molecule has 5 heteroatoms. The van der Waals surface area contributed by atoms with E-state index in [1.54, 1.807) is 0 Å². The highest BCUT2D eigenvalue weighted by Crippen LogP contribution is 2.14. The summed E-state index contributed by atoms with van der Waals surface area (Å²) in [6, 6.07) is 17.9. The Labute approximate surface area is 148 Å². The lowest BCUT2D eigenvalue weighted by molar-refractivity contribution is -0.682. The van der Waals surface area contributed by atoms with Gasteiger partial charge < -0.3 is 16.0 Å². The van der Waals surface area contributed by atoms with Crippen LogP contribution in [0.25, 0.3) is 0 Å². The van der Waals surface area contributed by atoms with Crippen molar-refractivity contribution in [3.05, 3.63) is 65.7 Å². The fraction of sp³-hybridized carbons (Fsp3) is 0.300. The topological polar surface area (TPSA) is 74.8 Å². The van der Waals surface area contributed by atoms with Gasteiger partial charge in [0.25, 0.3) is 5.91 Å². The number of anilines is 1. The van der Waals surface area contributed by atoms with E-state index in [0.29, 0.717) is 0 Å². The average molecular weight is 340 g/mol. The molecule has 0 aromatic heterocycles. The van der Waals surface area contributed by atoms with E-state index in [-0.39, 0.29) is 30.9 Å². The summed E-state index contributed by atoms with van der Waals surface area (Å²) in [6.45, 7) is 4.35. The van der Waals surface area contributed by atoms with Crippen LogP contribution in [-0.2, 0) is 16.0 Å². The average Bonchev–Trinajstić information content (AvgIpc) is 2.65. The molecule has 2 amide bonds. The van der Waals surface area contributed by atoms with E-state index in [1.165, 1.54) is 5.56 Å². The normalized spacial score (nSPS) is 11.6. The quantitative estimate of drug-likeness (QED) is 0.683. The molecule has 25 heavy (non-hydrogen) atoms. The largest absolute Gasteiger partial charge is 0.342 e. The molecule has 0 aliphatic heterocycles. The molecular weight excluding hydrogens is 314 g/mol. The zero-order valence-electron chi connectivity index (χ0n) is 14.8. The second-order valence-corrected chi connectivity index (χ2v) is 5.97. The van der Waals surface area contributed by atoms with Gasteiger partial charge in [-0.3, -0.25) is 9.59 Å². The minimum absolute atomic E-state index is 0.0234. The predicted molar refractivity (Wildman–Crippen MR) is 99.1 cm³/mol. The van der Waals surface area contributed by atoms with E-state index in [2.05, 4.69) is 17.6 Å². The minimum Gasteiger partial charge on any atom is -0.342 e. The van der Waals surface area contributed by atoms with Crippen molar-refractivity contribution in [1.82, 2.24) is 5.32 Å². The Balaban J connectivity index is 1.73. The third-order valence-corrected chi connectivity index (χ3v) is 4.10. The number of hydrogen-bond acceptors (Lipinski definition) is 2. The molecule has 1 atom stereocenters. The first-order valence-corrected chi connectivity index (χ1v) is 8.63. The first-order chi connectivity index (χ1) is 12.1. The maximum Gasteiger partial charge on any atom is 0.275 e. The van der Waals surface area contributed by atoms with Crippen molar-refractivity contribution in [2.45, 2.75) is 26.3 Å². The van der Waals surface area contributed by atoms with E-state index in [1.807, 2.05) is 66.8 Å². The molecule has 0 saturated carbocycles. The first kappa shape index (κ1) is 18.7. The molecule has 132 valence electrons. The molecule has 0 heterocycles. The Morgan fingerprint density at radius 2 is 1.68 bits per heavy atom. The molecule has 2 aromatic carbocycles. The summed E-state index contributed by atoms with van der Waals surface area (Å²) >= 11 is 0. The van der Waals surface area contributed by atoms with Gasteiger partial charge in [0.1, 0.15) is 6.04 Å². The van der Waals surface area contributed by atoms with E-state index < -0.39 is 0 Å². The lowest BCUT2D eigenvalue weighted by Gasteiger charge is -2.12. The van der Waals surface area contributed by atoms with E-state index >= 15 is 0 Å². The monoisotopic (exact) mass is 340 g/mol. The lowest BCUT2D eigenvalue weighted by Crippen LogP contribution is -2.87. The van der Waals surface area contributed by atoms with Crippen LogP contribution in [0.5, 0.6) is 0 Å². The summed E-state index contributed by atoms with van der Waals surface area (Å²) in [4.78, 5) is 23.9. The summed E-state index contributed by atoms with van der Waals surface area (Å²) < 4.78 is 0. The molecule has 0 aliphatic carbocycles. The maximum absolute atomic E-state index is 12.0. The molecule has 0 bridgehead atoms. The zero-order valence-corrected chi connectivity index (χ0v) is 14.8. The van der Waals surface area contributed by atoms with Crippen molar-refractivity contribution in [1.29, 1.82) is 0 Å². The first-order valence-electron chi connectivity index (χ1n) is 8.63. The Morgan fingerprint density at radius 1 is 1.00 bits per heavy atom. The third kappa shape index (κ3) is 6.04. The number of quaternary nitrogens is 1. The fourth-order valence-corrected chi connectivity index (χ4v) is 2.57. The van der Waals surface area contributed by atoms with Crippen LogP contribution in [0.3, 0.4) is 0 Å². The molecule has 2 aromatic rings. The number of para-hydroxylation sites is 1. The molecule has 0 saturated heterocycles. The van der Waals surface area contributed by atoms with Crippen molar-refractivity contribution in [2.24, 2.45) is 0 Å². The van der Waals surface area contributed by atoms with Gasteiger partial charge in [-0.15, -0.1) is 0 Å². The van der Waals surface area contributed by atoms with Crippen molar-refractivity contribution >= 4 is 17.5 Å². The molecule has 0 fully saturated rings. The number of carbonyl (C=O) groups is 2.